The number of esters is 1. The lowest BCUT2D eigenvalue weighted by molar-refractivity contribution is -0.155. The van der Waals surface area contributed by atoms with E-state index in [0.29, 0.717) is 19.5 Å². The molecule has 2 atom stereocenters. The summed E-state index contributed by atoms with van der Waals surface area (Å²) in [6.07, 6.45) is 2.76. The van der Waals surface area contributed by atoms with Crippen LogP contribution in [0.5, 0.6) is 0 Å². The van der Waals surface area contributed by atoms with E-state index in [9.17, 15) is 9.59 Å². The predicted octanol–water partition coefficient (Wildman–Crippen LogP) is 3.12. The van der Waals surface area contributed by atoms with Gasteiger partial charge < -0.3 is 14.4 Å². The number of likely N-dealkylation sites (tertiary alicyclic amines) is 1. The molecule has 5 heteroatoms. The molecule has 2 aliphatic rings. The van der Waals surface area contributed by atoms with Crippen LogP contribution in [-0.2, 0) is 14.3 Å². The van der Waals surface area contributed by atoms with Crippen LogP contribution >= 0.6 is 0 Å². The van der Waals surface area contributed by atoms with Gasteiger partial charge in [0, 0.05) is 19.5 Å². The number of carbonyl (C=O) groups is 2. The molecule has 0 radical (unpaired) electrons. The molecule has 1 spiro atoms. The largest absolute Gasteiger partial charge is 0.459 e. The van der Waals surface area contributed by atoms with E-state index in [2.05, 4.69) is 0 Å². The maximum absolute atomic E-state index is 12.4. The van der Waals surface area contributed by atoms with Crippen LogP contribution in [0.15, 0.2) is 0 Å². The summed E-state index contributed by atoms with van der Waals surface area (Å²) in [5, 5.41) is 0. The molecule has 0 saturated carbocycles. The molecular formula is C16H27NO4. The lowest BCUT2D eigenvalue weighted by Crippen LogP contribution is -2.49. The molecule has 0 unspecified atom stereocenters. The number of ether oxygens (including phenoxy) is 2. The number of hydrogen-bond donors (Lipinski definition) is 0. The molecule has 0 aliphatic carbocycles. The Hall–Kier alpha value is -1.26. The monoisotopic (exact) mass is 297 g/mol. The lowest BCUT2D eigenvalue weighted by Gasteiger charge is -2.38. The van der Waals surface area contributed by atoms with E-state index in [0.717, 1.165) is 19.3 Å². The Morgan fingerprint density at radius 2 is 2.10 bits per heavy atom. The van der Waals surface area contributed by atoms with Crippen molar-refractivity contribution in [3.8, 4) is 0 Å². The van der Waals surface area contributed by atoms with Gasteiger partial charge >= 0.3 is 12.1 Å². The second-order valence-electron chi connectivity index (χ2n) is 7.66. The lowest BCUT2D eigenvalue weighted by atomic mass is 9.74. The number of rotatable bonds is 1. The summed E-state index contributed by atoms with van der Waals surface area (Å²) in [5.41, 5.74) is -1.45. The first-order valence-corrected chi connectivity index (χ1v) is 7.81. The van der Waals surface area contributed by atoms with Gasteiger partial charge in [0.05, 0.1) is 5.41 Å². The molecule has 0 bridgehead atoms. The first-order chi connectivity index (χ1) is 9.59. The van der Waals surface area contributed by atoms with Gasteiger partial charge in [0.1, 0.15) is 11.2 Å². The smallest absolute Gasteiger partial charge is 0.410 e. The van der Waals surface area contributed by atoms with Crippen molar-refractivity contribution in [1.82, 2.24) is 4.90 Å². The van der Waals surface area contributed by atoms with Gasteiger partial charge in [-0.25, -0.2) is 4.79 Å². The Morgan fingerprint density at radius 1 is 1.43 bits per heavy atom. The van der Waals surface area contributed by atoms with Crippen molar-refractivity contribution in [2.45, 2.75) is 71.5 Å². The number of carbonyl (C=O) groups excluding carboxylic acids is 2. The normalized spacial score (nSPS) is 33.2. The fourth-order valence-electron chi connectivity index (χ4n) is 3.28. The molecule has 21 heavy (non-hydrogen) atoms. The van der Waals surface area contributed by atoms with E-state index in [-0.39, 0.29) is 12.1 Å². The van der Waals surface area contributed by atoms with E-state index in [4.69, 9.17) is 9.47 Å². The minimum Gasteiger partial charge on any atom is -0.459 e. The van der Waals surface area contributed by atoms with Crippen molar-refractivity contribution in [2.24, 2.45) is 5.41 Å². The van der Waals surface area contributed by atoms with Crippen LogP contribution in [0.2, 0.25) is 0 Å². The summed E-state index contributed by atoms with van der Waals surface area (Å²) < 4.78 is 11.0. The molecule has 1 amide bonds. The first kappa shape index (κ1) is 16.1. The highest BCUT2D eigenvalue weighted by molar-refractivity contribution is 5.81. The summed E-state index contributed by atoms with van der Waals surface area (Å²) in [6.45, 7) is 10.6. The van der Waals surface area contributed by atoms with Gasteiger partial charge in [0.15, 0.2) is 0 Å². The molecule has 2 heterocycles. The van der Waals surface area contributed by atoms with Crippen molar-refractivity contribution < 1.29 is 19.1 Å². The van der Waals surface area contributed by atoms with Gasteiger partial charge in [-0.1, -0.05) is 6.92 Å². The molecule has 0 aromatic rings. The standard InChI is InChI=1S/C16H27NO4/c1-6-15(5)10-16(12(18)20-15)8-7-9-17(11-16)13(19)21-14(2,3)4/h6-11H2,1-5H3/t15-,16-/m0/s1. The Morgan fingerprint density at radius 3 is 2.62 bits per heavy atom. The molecule has 120 valence electrons. The molecule has 2 aliphatic heterocycles. The predicted molar refractivity (Wildman–Crippen MR) is 78.9 cm³/mol. The van der Waals surface area contributed by atoms with Crippen molar-refractivity contribution >= 4 is 12.1 Å². The SMILES string of the molecule is CC[C@@]1(C)C[C@]2(CCCN(C(=O)OC(C)(C)C)C2)C(=O)O1. The molecule has 2 saturated heterocycles. The third kappa shape index (κ3) is 3.33. The fraction of sp³-hybridized carbons (Fsp3) is 0.875. The Labute approximate surface area is 127 Å². The van der Waals surface area contributed by atoms with Gasteiger partial charge in [0.25, 0.3) is 0 Å². The van der Waals surface area contributed by atoms with Crippen molar-refractivity contribution in [2.75, 3.05) is 13.1 Å². The van der Waals surface area contributed by atoms with Gasteiger partial charge in [-0.2, -0.15) is 0 Å². The Balaban J connectivity index is 2.11. The molecule has 0 aromatic carbocycles. The Bertz CT molecular complexity index is 442. The topological polar surface area (TPSA) is 55.8 Å². The van der Waals surface area contributed by atoms with Gasteiger partial charge in [-0.15, -0.1) is 0 Å². The van der Waals surface area contributed by atoms with E-state index in [1.807, 2.05) is 34.6 Å². The van der Waals surface area contributed by atoms with Crippen molar-refractivity contribution in [3.63, 3.8) is 0 Å². The molecule has 2 rings (SSSR count). The van der Waals surface area contributed by atoms with Gasteiger partial charge in [-0.05, 0) is 47.0 Å². The summed E-state index contributed by atoms with van der Waals surface area (Å²) in [5.74, 6) is -0.153. The summed E-state index contributed by atoms with van der Waals surface area (Å²) in [6, 6.07) is 0. The van der Waals surface area contributed by atoms with Crippen molar-refractivity contribution in [3.05, 3.63) is 0 Å². The average molecular weight is 297 g/mol. The maximum atomic E-state index is 12.4. The van der Waals surface area contributed by atoms with E-state index >= 15 is 0 Å². The number of nitrogens with zero attached hydrogens (tertiary/aromatic N) is 1. The zero-order chi connectivity index (χ0) is 15.9. The summed E-state index contributed by atoms with van der Waals surface area (Å²) in [7, 11) is 0. The molecule has 2 fully saturated rings. The molecule has 0 N–H and O–H groups in total. The van der Waals surface area contributed by atoms with Gasteiger partial charge in [0.2, 0.25) is 0 Å². The minimum atomic E-state index is -0.542. The van der Waals surface area contributed by atoms with Crippen LogP contribution in [0.3, 0.4) is 0 Å². The minimum absolute atomic E-state index is 0.153. The van der Waals surface area contributed by atoms with Crippen LogP contribution in [-0.4, -0.2) is 41.3 Å². The third-order valence-corrected chi connectivity index (χ3v) is 4.46. The second kappa shape index (κ2) is 5.18. The maximum Gasteiger partial charge on any atom is 0.410 e. The Kier molecular flexibility index (Phi) is 3.98. The first-order valence-electron chi connectivity index (χ1n) is 7.81. The van der Waals surface area contributed by atoms with Gasteiger partial charge in [-0.3, -0.25) is 4.79 Å². The van der Waals surface area contributed by atoms with Crippen LogP contribution < -0.4 is 0 Å². The second-order valence-corrected chi connectivity index (χ2v) is 7.66. The van der Waals surface area contributed by atoms with Crippen LogP contribution in [0.1, 0.15) is 60.3 Å². The summed E-state index contributed by atoms with van der Waals surface area (Å²) >= 11 is 0. The van der Waals surface area contributed by atoms with Crippen molar-refractivity contribution in [1.29, 1.82) is 0 Å². The number of amides is 1. The van der Waals surface area contributed by atoms with E-state index in [1.54, 1.807) is 4.90 Å². The highest BCUT2D eigenvalue weighted by Crippen LogP contribution is 2.47. The van der Waals surface area contributed by atoms with Crippen LogP contribution in [0, 0.1) is 5.41 Å². The van der Waals surface area contributed by atoms with E-state index in [1.165, 1.54) is 0 Å². The average Bonchev–Trinajstić information content (AvgIpc) is 2.59. The third-order valence-electron chi connectivity index (χ3n) is 4.46. The highest BCUT2D eigenvalue weighted by atomic mass is 16.6. The van der Waals surface area contributed by atoms with Crippen LogP contribution in [0.25, 0.3) is 0 Å². The summed E-state index contributed by atoms with van der Waals surface area (Å²) in [4.78, 5) is 26.3. The molecule has 0 aromatic heterocycles. The number of cyclic esters (lactones) is 1. The molecule has 5 nitrogen and oxygen atoms in total. The highest BCUT2D eigenvalue weighted by Gasteiger charge is 2.56. The zero-order valence-corrected chi connectivity index (χ0v) is 13.8. The number of piperidine rings is 1. The van der Waals surface area contributed by atoms with E-state index < -0.39 is 16.6 Å². The quantitative estimate of drug-likeness (QED) is 0.698. The number of hydrogen-bond acceptors (Lipinski definition) is 4. The molecular weight excluding hydrogens is 270 g/mol. The fourth-order valence-corrected chi connectivity index (χ4v) is 3.28. The zero-order valence-electron chi connectivity index (χ0n) is 13.8. The van der Waals surface area contributed by atoms with Crippen LogP contribution in [0.4, 0.5) is 4.79 Å².